The highest BCUT2D eigenvalue weighted by molar-refractivity contribution is 4.94. The van der Waals surface area contributed by atoms with Gasteiger partial charge in [0.1, 0.15) is 0 Å². The van der Waals surface area contributed by atoms with Gasteiger partial charge in [0.15, 0.2) is 0 Å². The molecule has 1 nitrogen and oxygen atoms in total. The second-order valence-electron chi connectivity index (χ2n) is 11.2. The molecule has 0 heterocycles. The average Bonchev–Trinajstić information content (AvgIpc) is 2.72. The zero-order chi connectivity index (χ0) is 19.9. The Morgan fingerprint density at radius 3 is 1.14 bits per heavy atom. The van der Waals surface area contributed by atoms with Gasteiger partial charge in [-0.05, 0) is 118 Å². The molecule has 2 unspecified atom stereocenters. The van der Waals surface area contributed by atoms with Crippen molar-refractivity contribution >= 4 is 0 Å². The van der Waals surface area contributed by atoms with Gasteiger partial charge in [-0.2, -0.15) is 0 Å². The largest absolute Gasteiger partial charge is 0.393 e. The van der Waals surface area contributed by atoms with Crippen molar-refractivity contribution in [3.05, 3.63) is 12.2 Å². The maximum Gasteiger partial charge on any atom is 0.0540 e. The molecule has 4 aliphatic carbocycles. The van der Waals surface area contributed by atoms with Crippen LogP contribution in [-0.4, -0.2) is 11.2 Å². The maximum atomic E-state index is 9.66. The number of aliphatic hydroxyl groups excluding tert-OH is 1. The van der Waals surface area contributed by atoms with Gasteiger partial charge in [0.05, 0.1) is 6.10 Å². The van der Waals surface area contributed by atoms with Gasteiger partial charge in [-0.15, -0.1) is 0 Å². The molecule has 0 radical (unpaired) electrons. The fourth-order valence-electron chi connectivity index (χ4n) is 6.52. The van der Waals surface area contributed by atoms with Crippen LogP contribution in [0.25, 0.3) is 0 Å². The smallest absolute Gasteiger partial charge is 0.0540 e. The highest BCUT2D eigenvalue weighted by atomic mass is 16.3. The molecule has 162 valence electrons. The van der Waals surface area contributed by atoms with Crippen molar-refractivity contribution in [2.75, 3.05) is 0 Å². The molecule has 0 amide bonds. The highest BCUT2D eigenvalue weighted by Crippen LogP contribution is 2.45. The lowest BCUT2D eigenvalue weighted by Crippen LogP contribution is -2.30. The van der Waals surface area contributed by atoms with Gasteiger partial charge < -0.3 is 5.11 Å². The number of rotatable bonds is 2. The van der Waals surface area contributed by atoms with E-state index in [1.165, 1.54) is 77.0 Å². The van der Waals surface area contributed by atoms with Crippen LogP contribution in [0.5, 0.6) is 0 Å². The van der Waals surface area contributed by atoms with E-state index in [0.29, 0.717) is 0 Å². The Kier molecular flexibility index (Phi) is 8.95. The quantitative estimate of drug-likeness (QED) is 0.479. The summed E-state index contributed by atoms with van der Waals surface area (Å²) in [6, 6.07) is 0. The summed E-state index contributed by atoms with van der Waals surface area (Å²) >= 11 is 0. The summed E-state index contributed by atoms with van der Waals surface area (Å²) in [5.74, 6) is 6.76. The topological polar surface area (TPSA) is 20.2 Å². The standard InChI is InChI=1S/C19H34O.C8H14/c1-14-2-4-15(5-3-14)16-6-8-17(9-7-16)18-10-12-19(20)13-11-18;1-7-3-5-8(2)6-4-7/h14-20H,2-13H2,1H3;3,5,7-8H,4,6H2,1-2H3. The molecule has 0 aromatic heterocycles. The second kappa shape index (κ2) is 11.2. The van der Waals surface area contributed by atoms with E-state index in [1.807, 2.05) is 0 Å². The Labute approximate surface area is 175 Å². The Morgan fingerprint density at radius 1 is 0.464 bits per heavy atom. The third kappa shape index (κ3) is 6.89. The van der Waals surface area contributed by atoms with Crippen LogP contribution < -0.4 is 0 Å². The first-order valence-electron chi connectivity index (χ1n) is 12.9. The summed E-state index contributed by atoms with van der Waals surface area (Å²) in [5.41, 5.74) is 0. The highest BCUT2D eigenvalue weighted by Gasteiger charge is 2.33. The molecule has 0 bridgehead atoms. The summed E-state index contributed by atoms with van der Waals surface area (Å²) in [6.45, 7) is 7.00. The molecule has 3 saturated carbocycles. The van der Waals surface area contributed by atoms with Crippen LogP contribution in [0.15, 0.2) is 12.2 Å². The van der Waals surface area contributed by atoms with E-state index < -0.39 is 0 Å². The zero-order valence-electron chi connectivity index (χ0n) is 19.1. The molecule has 1 N–H and O–H groups in total. The van der Waals surface area contributed by atoms with Crippen molar-refractivity contribution in [2.45, 2.75) is 117 Å². The zero-order valence-corrected chi connectivity index (χ0v) is 19.1. The lowest BCUT2D eigenvalue weighted by Gasteiger charge is -2.40. The van der Waals surface area contributed by atoms with Gasteiger partial charge in [-0.1, -0.05) is 45.8 Å². The molecule has 0 aromatic carbocycles. The Morgan fingerprint density at radius 2 is 0.786 bits per heavy atom. The lowest BCUT2D eigenvalue weighted by atomic mass is 9.66. The van der Waals surface area contributed by atoms with Crippen molar-refractivity contribution in [1.82, 2.24) is 0 Å². The average molecular weight is 389 g/mol. The van der Waals surface area contributed by atoms with Gasteiger partial charge in [0.25, 0.3) is 0 Å². The van der Waals surface area contributed by atoms with Crippen molar-refractivity contribution in [2.24, 2.45) is 41.4 Å². The summed E-state index contributed by atoms with van der Waals surface area (Å²) < 4.78 is 0. The molecule has 0 saturated heterocycles. The van der Waals surface area contributed by atoms with Crippen LogP contribution in [-0.2, 0) is 0 Å². The fourth-order valence-corrected chi connectivity index (χ4v) is 6.52. The molecule has 4 rings (SSSR count). The molecule has 2 atom stereocenters. The van der Waals surface area contributed by atoms with Crippen LogP contribution in [0, 0.1) is 41.4 Å². The van der Waals surface area contributed by atoms with E-state index in [4.69, 9.17) is 0 Å². The first kappa shape index (κ1) is 22.4. The van der Waals surface area contributed by atoms with E-state index in [1.54, 1.807) is 0 Å². The molecule has 1 heteroatoms. The number of aliphatic hydroxyl groups is 1. The SMILES string of the molecule is CC1C=CC(C)CC1.CC1CCC(C2CCC(C3CCC(O)CC3)CC2)CC1. The number of hydrogen-bond acceptors (Lipinski definition) is 1. The van der Waals surface area contributed by atoms with Crippen LogP contribution in [0.2, 0.25) is 0 Å². The van der Waals surface area contributed by atoms with E-state index in [0.717, 1.165) is 54.3 Å². The minimum atomic E-state index is 0.0202. The van der Waals surface area contributed by atoms with Crippen molar-refractivity contribution in [3.8, 4) is 0 Å². The molecule has 0 aliphatic heterocycles. The second-order valence-corrected chi connectivity index (χ2v) is 11.2. The molecule has 0 spiro atoms. The third-order valence-electron chi connectivity index (χ3n) is 8.80. The molecule has 4 aliphatic rings. The van der Waals surface area contributed by atoms with Gasteiger partial charge in [-0.3, -0.25) is 0 Å². The van der Waals surface area contributed by atoms with Gasteiger partial charge in [-0.25, -0.2) is 0 Å². The number of allylic oxidation sites excluding steroid dienone is 2. The minimum absolute atomic E-state index is 0.0202. The van der Waals surface area contributed by atoms with Crippen LogP contribution in [0.4, 0.5) is 0 Å². The van der Waals surface area contributed by atoms with Crippen LogP contribution in [0.1, 0.15) is 111 Å². The maximum absolute atomic E-state index is 9.66. The molecular weight excluding hydrogens is 340 g/mol. The van der Waals surface area contributed by atoms with E-state index in [9.17, 15) is 5.11 Å². The van der Waals surface area contributed by atoms with Crippen LogP contribution >= 0.6 is 0 Å². The molecular formula is C27H48O. The van der Waals surface area contributed by atoms with Crippen LogP contribution in [0.3, 0.4) is 0 Å². The summed E-state index contributed by atoms with van der Waals surface area (Å²) in [4.78, 5) is 0. The first-order chi connectivity index (χ1) is 13.5. The van der Waals surface area contributed by atoms with E-state index in [2.05, 4.69) is 32.9 Å². The Hall–Kier alpha value is -0.300. The predicted molar refractivity (Wildman–Crippen MR) is 121 cm³/mol. The van der Waals surface area contributed by atoms with Crippen molar-refractivity contribution in [3.63, 3.8) is 0 Å². The minimum Gasteiger partial charge on any atom is -0.393 e. The van der Waals surface area contributed by atoms with Gasteiger partial charge >= 0.3 is 0 Å². The predicted octanol–water partition coefficient (Wildman–Crippen LogP) is 7.78. The van der Waals surface area contributed by atoms with Crippen molar-refractivity contribution < 1.29 is 5.11 Å². The first-order valence-corrected chi connectivity index (χ1v) is 12.9. The normalized spacial score (nSPS) is 44.4. The number of hydrogen-bond donors (Lipinski definition) is 1. The lowest BCUT2D eigenvalue weighted by molar-refractivity contribution is 0.0673. The summed E-state index contributed by atoms with van der Waals surface area (Å²) in [5, 5.41) is 9.66. The Balaban J connectivity index is 0.000000236. The van der Waals surface area contributed by atoms with E-state index >= 15 is 0 Å². The van der Waals surface area contributed by atoms with E-state index in [-0.39, 0.29) is 6.10 Å². The third-order valence-corrected chi connectivity index (χ3v) is 8.80. The summed E-state index contributed by atoms with van der Waals surface area (Å²) in [7, 11) is 0. The Bertz CT molecular complexity index is 403. The summed E-state index contributed by atoms with van der Waals surface area (Å²) in [6.07, 6.45) is 24.3. The van der Waals surface area contributed by atoms with Gasteiger partial charge in [0, 0.05) is 0 Å². The van der Waals surface area contributed by atoms with Gasteiger partial charge in [0.2, 0.25) is 0 Å². The monoisotopic (exact) mass is 388 g/mol. The van der Waals surface area contributed by atoms with Crippen molar-refractivity contribution in [1.29, 1.82) is 0 Å². The molecule has 0 aromatic rings. The fraction of sp³-hybridized carbons (Fsp3) is 0.926. The molecule has 3 fully saturated rings. The molecule has 28 heavy (non-hydrogen) atoms.